The second-order valence-corrected chi connectivity index (χ2v) is 6.80. The first kappa shape index (κ1) is 16.8. The molecular weight excluding hydrogens is 300 g/mol. The number of nitrogens with zero attached hydrogens (tertiary/aromatic N) is 1. The average molecular weight is 323 g/mol. The molecule has 1 heterocycles. The molecule has 0 saturated carbocycles. The van der Waals surface area contributed by atoms with Gasteiger partial charge in [0.05, 0.1) is 0 Å². The highest BCUT2D eigenvalue weighted by atomic mass is 35.5. The number of hydrogen-bond donors (Lipinski definition) is 1. The van der Waals surface area contributed by atoms with Gasteiger partial charge in [-0.15, -0.1) is 0 Å². The van der Waals surface area contributed by atoms with Crippen molar-refractivity contribution in [3.8, 4) is 0 Å². The quantitative estimate of drug-likeness (QED) is 0.864. The smallest absolute Gasteiger partial charge is 0.239 e. The molecule has 0 unspecified atom stereocenters. The summed E-state index contributed by atoms with van der Waals surface area (Å²) >= 11 is 6.07. The number of anilines is 1. The normalized spacial score (nSPS) is 15.5. The summed E-state index contributed by atoms with van der Waals surface area (Å²) in [7, 11) is 0. The van der Waals surface area contributed by atoms with Crippen molar-refractivity contribution in [1.29, 1.82) is 0 Å². The Morgan fingerprint density at radius 3 is 2.41 bits per heavy atom. The Labute approximate surface area is 136 Å². The van der Waals surface area contributed by atoms with Gasteiger partial charge in [0.15, 0.2) is 0 Å². The van der Waals surface area contributed by atoms with Gasteiger partial charge in [0.1, 0.15) is 5.41 Å². The molecule has 0 radical (unpaired) electrons. The van der Waals surface area contributed by atoms with Crippen LogP contribution < -0.4 is 5.32 Å². The summed E-state index contributed by atoms with van der Waals surface area (Å²) in [6.45, 7) is 6.74. The molecule has 0 bridgehead atoms. The van der Waals surface area contributed by atoms with E-state index in [0.29, 0.717) is 10.7 Å². The fourth-order valence-corrected chi connectivity index (χ4v) is 2.73. The van der Waals surface area contributed by atoms with Crippen molar-refractivity contribution < 1.29 is 9.59 Å². The summed E-state index contributed by atoms with van der Waals surface area (Å²) in [5, 5.41) is 3.39. The molecule has 2 amide bonds. The van der Waals surface area contributed by atoms with Crippen LogP contribution in [0.2, 0.25) is 5.02 Å². The van der Waals surface area contributed by atoms with Gasteiger partial charge in [-0.25, -0.2) is 0 Å². The Kier molecular flexibility index (Phi) is 5.12. The third-order valence-corrected chi connectivity index (χ3v) is 4.58. The van der Waals surface area contributed by atoms with E-state index in [9.17, 15) is 9.59 Å². The molecule has 1 saturated heterocycles. The lowest BCUT2D eigenvalue weighted by Crippen LogP contribution is -2.48. The van der Waals surface area contributed by atoms with Crippen LogP contribution in [-0.4, -0.2) is 29.8 Å². The van der Waals surface area contributed by atoms with Crippen LogP contribution in [0.5, 0.6) is 0 Å². The van der Waals surface area contributed by atoms with Crippen LogP contribution in [0.25, 0.3) is 0 Å². The maximum Gasteiger partial charge on any atom is 0.239 e. The lowest BCUT2D eigenvalue weighted by molar-refractivity contribution is -0.147. The van der Waals surface area contributed by atoms with Gasteiger partial charge in [0.25, 0.3) is 0 Å². The molecule has 0 spiro atoms. The molecule has 5 heteroatoms. The van der Waals surface area contributed by atoms with E-state index in [1.807, 2.05) is 13.0 Å². The molecule has 0 atom stereocenters. The molecule has 0 aromatic heterocycles. The van der Waals surface area contributed by atoms with Crippen molar-refractivity contribution in [2.24, 2.45) is 5.41 Å². The van der Waals surface area contributed by atoms with E-state index in [1.165, 1.54) is 0 Å². The summed E-state index contributed by atoms with van der Waals surface area (Å²) in [6, 6.07) is 5.34. The highest BCUT2D eigenvalue weighted by Crippen LogP contribution is 2.26. The van der Waals surface area contributed by atoms with E-state index in [-0.39, 0.29) is 11.8 Å². The van der Waals surface area contributed by atoms with Gasteiger partial charge in [-0.2, -0.15) is 0 Å². The second kappa shape index (κ2) is 6.69. The maximum absolute atomic E-state index is 12.6. The number of benzene rings is 1. The summed E-state index contributed by atoms with van der Waals surface area (Å²) < 4.78 is 0. The molecule has 1 N–H and O–H groups in total. The molecule has 120 valence electrons. The van der Waals surface area contributed by atoms with Crippen LogP contribution >= 0.6 is 11.6 Å². The molecule has 1 aliphatic rings. The molecule has 2 rings (SSSR count). The van der Waals surface area contributed by atoms with Crippen LogP contribution in [0.3, 0.4) is 0 Å². The monoisotopic (exact) mass is 322 g/mol. The lowest BCUT2D eigenvalue weighted by atomic mass is 9.89. The van der Waals surface area contributed by atoms with Gasteiger partial charge in [-0.3, -0.25) is 9.59 Å². The SMILES string of the molecule is Cc1ccc(NC(=O)C(C)(C)C(=O)N2CCCCC2)cc1Cl. The second-order valence-electron chi connectivity index (χ2n) is 6.40. The van der Waals surface area contributed by atoms with Crippen molar-refractivity contribution in [3.63, 3.8) is 0 Å². The largest absolute Gasteiger partial charge is 0.342 e. The van der Waals surface area contributed by atoms with Crippen LogP contribution in [0.4, 0.5) is 5.69 Å². The summed E-state index contributed by atoms with van der Waals surface area (Å²) in [5.41, 5.74) is 0.470. The van der Waals surface area contributed by atoms with Gasteiger partial charge in [0.2, 0.25) is 11.8 Å². The molecule has 1 aliphatic heterocycles. The zero-order chi connectivity index (χ0) is 16.3. The number of nitrogens with one attached hydrogen (secondary N) is 1. The summed E-state index contributed by atoms with van der Waals surface area (Å²) in [6.07, 6.45) is 3.17. The third kappa shape index (κ3) is 3.61. The first-order valence-electron chi connectivity index (χ1n) is 7.69. The van der Waals surface area contributed by atoms with Crippen molar-refractivity contribution in [2.45, 2.75) is 40.0 Å². The van der Waals surface area contributed by atoms with E-state index in [4.69, 9.17) is 11.6 Å². The first-order valence-corrected chi connectivity index (χ1v) is 8.07. The third-order valence-electron chi connectivity index (χ3n) is 4.18. The van der Waals surface area contributed by atoms with Crippen molar-refractivity contribution in [2.75, 3.05) is 18.4 Å². The Hall–Kier alpha value is -1.55. The zero-order valence-electron chi connectivity index (χ0n) is 13.4. The molecular formula is C17H23ClN2O2. The fraction of sp³-hybridized carbons (Fsp3) is 0.529. The molecule has 1 fully saturated rings. The molecule has 22 heavy (non-hydrogen) atoms. The number of carbonyl (C=O) groups excluding carboxylic acids is 2. The van der Waals surface area contributed by atoms with E-state index >= 15 is 0 Å². The predicted molar refractivity (Wildman–Crippen MR) is 89.0 cm³/mol. The number of aryl methyl sites for hydroxylation is 1. The van der Waals surface area contributed by atoms with Crippen LogP contribution in [-0.2, 0) is 9.59 Å². The average Bonchev–Trinajstić information content (AvgIpc) is 2.51. The van der Waals surface area contributed by atoms with Crippen molar-refractivity contribution >= 4 is 29.1 Å². The fourth-order valence-electron chi connectivity index (χ4n) is 2.55. The van der Waals surface area contributed by atoms with Gasteiger partial charge in [-0.1, -0.05) is 17.7 Å². The zero-order valence-corrected chi connectivity index (χ0v) is 14.2. The number of carbonyl (C=O) groups is 2. The standard InChI is InChI=1S/C17H23ClN2O2/c1-12-7-8-13(11-14(12)18)19-15(21)17(2,3)16(22)20-9-5-4-6-10-20/h7-8,11H,4-6,9-10H2,1-3H3,(H,19,21). The Morgan fingerprint density at radius 2 is 1.82 bits per heavy atom. The maximum atomic E-state index is 12.6. The minimum absolute atomic E-state index is 0.108. The molecule has 0 aliphatic carbocycles. The first-order chi connectivity index (χ1) is 10.3. The Bertz CT molecular complexity index is 578. The number of amides is 2. The predicted octanol–water partition coefficient (Wildman–Crippen LogP) is 3.63. The van der Waals surface area contributed by atoms with Gasteiger partial charge >= 0.3 is 0 Å². The van der Waals surface area contributed by atoms with Crippen molar-refractivity contribution in [3.05, 3.63) is 28.8 Å². The van der Waals surface area contributed by atoms with Crippen LogP contribution in [0, 0.1) is 12.3 Å². The number of likely N-dealkylation sites (tertiary alicyclic amines) is 1. The minimum Gasteiger partial charge on any atom is -0.342 e. The molecule has 4 nitrogen and oxygen atoms in total. The van der Waals surface area contributed by atoms with Gasteiger partial charge < -0.3 is 10.2 Å². The summed E-state index contributed by atoms with van der Waals surface area (Å²) in [5.74, 6) is -0.411. The number of rotatable bonds is 3. The lowest BCUT2D eigenvalue weighted by Gasteiger charge is -2.33. The number of piperidine rings is 1. The van der Waals surface area contributed by atoms with Gasteiger partial charge in [0, 0.05) is 23.8 Å². The minimum atomic E-state index is -1.09. The highest BCUT2D eigenvalue weighted by Gasteiger charge is 2.39. The van der Waals surface area contributed by atoms with Crippen LogP contribution in [0.1, 0.15) is 38.7 Å². The van der Waals surface area contributed by atoms with Gasteiger partial charge in [-0.05, 0) is 57.7 Å². The summed E-state index contributed by atoms with van der Waals surface area (Å²) in [4.78, 5) is 26.9. The highest BCUT2D eigenvalue weighted by molar-refractivity contribution is 6.31. The van der Waals surface area contributed by atoms with Crippen molar-refractivity contribution in [1.82, 2.24) is 4.90 Å². The number of hydrogen-bond acceptors (Lipinski definition) is 2. The topological polar surface area (TPSA) is 49.4 Å². The Morgan fingerprint density at radius 1 is 1.18 bits per heavy atom. The van der Waals surface area contributed by atoms with E-state index < -0.39 is 5.41 Å². The Balaban J connectivity index is 2.08. The van der Waals surface area contributed by atoms with E-state index in [0.717, 1.165) is 37.9 Å². The van der Waals surface area contributed by atoms with E-state index in [1.54, 1.807) is 30.9 Å². The molecule has 1 aromatic carbocycles. The van der Waals surface area contributed by atoms with E-state index in [2.05, 4.69) is 5.32 Å². The van der Waals surface area contributed by atoms with Crippen LogP contribution in [0.15, 0.2) is 18.2 Å². The molecule has 1 aromatic rings. The number of halogens is 1.